The third kappa shape index (κ3) is 3.22. The molecule has 0 N–H and O–H groups in total. The molecule has 0 radical (unpaired) electrons. The molecular formula is C19H26N4O. The number of carbonyl (C=O) groups is 1. The van der Waals surface area contributed by atoms with Crippen molar-refractivity contribution in [3.8, 4) is 0 Å². The Kier molecular flexibility index (Phi) is 4.45. The first kappa shape index (κ1) is 16.7. The third-order valence-corrected chi connectivity index (χ3v) is 4.77. The zero-order valence-electron chi connectivity index (χ0n) is 15.0. The molecule has 3 rings (SSSR count). The predicted molar refractivity (Wildman–Crippen MR) is 96.5 cm³/mol. The van der Waals surface area contributed by atoms with Crippen molar-refractivity contribution in [2.45, 2.75) is 32.2 Å². The van der Waals surface area contributed by atoms with E-state index in [9.17, 15) is 4.79 Å². The fourth-order valence-electron chi connectivity index (χ4n) is 3.18. The number of likely N-dealkylation sites (N-methyl/N-ethyl adjacent to an activating group) is 1. The lowest BCUT2D eigenvalue weighted by atomic mass is 9.77. The van der Waals surface area contributed by atoms with Crippen molar-refractivity contribution in [3.63, 3.8) is 0 Å². The smallest absolute Gasteiger partial charge is 0.278 e. The van der Waals surface area contributed by atoms with Gasteiger partial charge in [0, 0.05) is 25.0 Å². The van der Waals surface area contributed by atoms with Gasteiger partial charge in [-0.15, -0.1) is 0 Å². The fraction of sp³-hybridized carbons (Fsp3) is 0.474. The Balaban J connectivity index is 1.83. The van der Waals surface area contributed by atoms with Gasteiger partial charge in [0.15, 0.2) is 5.69 Å². The van der Waals surface area contributed by atoms with E-state index in [-0.39, 0.29) is 11.3 Å². The summed E-state index contributed by atoms with van der Waals surface area (Å²) in [5.41, 5.74) is 2.86. The first-order valence-electron chi connectivity index (χ1n) is 8.48. The van der Waals surface area contributed by atoms with Crippen molar-refractivity contribution in [1.82, 2.24) is 14.7 Å². The molecule has 0 fully saturated rings. The van der Waals surface area contributed by atoms with Gasteiger partial charge in [0.25, 0.3) is 5.91 Å². The molecule has 5 heteroatoms. The van der Waals surface area contributed by atoms with Crippen LogP contribution < -0.4 is 4.90 Å². The number of amides is 1. The van der Waals surface area contributed by atoms with Crippen LogP contribution in [-0.4, -0.2) is 47.8 Å². The lowest BCUT2D eigenvalue weighted by molar-refractivity contribution is 0.0976. The summed E-state index contributed by atoms with van der Waals surface area (Å²) in [5, 5.41) is 4.47. The zero-order chi connectivity index (χ0) is 17.3. The number of benzene rings is 1. The summed E-state index contributed by atoms with van der Waals surface area (Å²) in [6.07, 6.45) is 2.84. The molecule has 1 aliphatic rings. The van der Waals surface area contributed by atoms with Crippen molar-refractivity contribution in [1.29, 1.82) is 0 Å². The molecule has 1 aromatic carbocycles. The molecule has 0 saturated carbocycles. The van der Waals surface area contributed by atoms with Gasteiger partial charge in [0.05, 0.1) is 6.54 Å². The molecule has 1 aliphatic heterocycles. The van der Waals surface area contributed by atoms with Crippen molar-refractivity contribution >= 4 is 11.6 Å². The lowest BCUT2D eigenvalue weighted by Gasteiger charge is -2.38. The monoisotopic (exact) mass is 326 g/mol. The quantitative estimate of drug-likeness (QED) is 0.867. The van der Waals surface area contributed by atoms with Crippen molar-refractivity contribution < 1.29 is 4.79 Å². The maximum Gasteiger partial charge on any atom is 0.278 e. The largest absolute Gasteiger partial charge is 0.308 e. The first-order chi connectivity index (χ1) is 11.4. The minimum atomic E-state index is -0.0125. The number of nitrogens with zero attached hydrogens (tertiary/aromatic N) is 4. The predicted octanol–water partition coefficient (Wildman–Crippen LogP) is 2.77. The second-order valence-corrected chi connectivity index (χ2v) is 7.38. The van der Waals surface area contributed by atoms with Crippen LogP contribution in [0.4, 0.5) is 5.69 Å². The Bertz CT molecular complexity index is 732. The van der Waals surface area contributed by atoms with Crippen molar-refractivity contribution in [2.75, 3.05) is 32.1 Å². The molecule has 0 bridgehead atoms. The SMILES string of the molecule is CN(C)CCn1ccc(C(=O)N2CCC(C)(C)c3ccccc32)n1. The number of hydrogen-bond acceptors (Lipinski definition) is 3. The minimum Gasteiger partial charge on any atom is -0.308 e. The number of rotatable bonds is 4. The highest BCUT2D eigenvalue weighted by Crippen LogP contribution is 2.39. The number of carbonyl (C=O) groups excluding carboxylic acids is 1. The third-order valence-electron chi connectivity index (χ3n) is 4.77. The topological polar surface area (TPSA) is 41.4 Å². The molecule has 2 heterocycles. The Labute approximate surface area is 143 Å². The molecule has 24 heavy (non-hydrogen) atoms. The minimum absolute atomic E-state index is 0.0125. The average molecular weight is 326 g/mol. The molecule has 0 aliphatic carbocycles. The summed E-state index contributed by atoms with van der Waals surface area (Å²) in [5.74, 6) is -0.0125. The number of anilines is 1. The van der Waals surface area contributed by atoms with E-state index in [0.717, 1.165) is 31.7 Å². The van der Waals surface area contributed by atoms with Gasteiger partial charge in [0.2, 0.25) is 0 Å². The molecular weight excluding hydrogens is 300 g/mol. The van der Waals surface area contributed by atoms with E-state index in [1.807, 2.05) is 54.1 Å². The van der Waals surface area contributed by atoms with Gasteiger partial charge in [-0.05, 0) is 43.6 Å². The summed E-state index contributed by atoms with van der Waals surface area (Å²) < 4.78 is 1.84. The van der Waals surface area contributed by atoms with Crippen LogP contribution in [0.1, 0.15) is 36.3 Å². The van der Waals surface area contributed by atoms with Gasteiger partial charge in [-0.1, -0.05) is 32.0 Å². The maximum absolute atomic E-state index is 13.0. The fourth-order valence-corrected chi connectivity index (χ4v) is 3.18. The highest BCUT2D eigenvalue weighted by atomic mass is 16.2. The standard InChI is InChI=1S/C19H26N4O/c1-19(2)10-12-23(17-8-6-5-7-15(17)19)18(24)16-9-11-22(20-16)14-13-21(3)4/h5-9,11H,10,12-14H2,1-4H3. The van der Waals surface area contributed by atoms with Gasteiger partial charge in [0.1, 0.15) is 0 Å². The van der Waals surface area contributed by atoms with E-state index < -0.39 is 0 Å². The Morgan fingerprint density at radius 1 is 1.25 bits per heavy atom. The van der Waals surface area contributed by atoms with Gasteiger partial charge >= 0.3 is 0 Å². The van der Waals surface area contributed by atoms with Crippen LogP contribution in [0.2, 0.25) is 0 Å². The number of aromatic nitrogens is 2. The summed E-state index contributed by atoms with van der Waals surface area (Å²) in [7, 11) is 4.06. The van der Waals surface area contributed by atoms with Gasteiger partial charge < -0.3 is 9.80 Å². The molecule has 0 saturated heterocycles. The van der Waals surface area contributed by atoms with Crippen LogP contribution in [0.5, 0.6) is 0 Å². The summed E-state index contributed by atoms with van der Waals surface area (Å²) in [6.45, 7) is 6.89. The highest BCUT2D eigenvalue weighted by molar-refractivity contribution is 6.05. The average Bonchev–Trinajstić information content (AvgIpc) is 3.02. The molecule has 0 spiro atoms. The molecule has 1 aromatic heterocycles. The van der Waals surface area contributed by atoms with E-state index in [0.29, 0.717) is 5.69 Å². The van der Waals surface area contributed by atoms with Gasteiger partial charge in [-0.2, -0.15) is 5.10 Å². The number of hydrogen-bond donors (Lipinski definition) is 0. The molecule has 2 aromatic rings. The van der Waals surface area contributed by atoms with Crippen LogP contribution >= 0.6 is 0 Å². The first-order valence-corrected chi connectivity index (χ1v) is 8.48. The summed E-state index contributed by atoms with van der Waals surface area (Å²) in [6, 6.07) is 10.0. The van der Waals surface area contributed by atoms with Crippen LogP contribution in [0, 0.1) is 0 Å². The number of fused-ring (bicyclic) bond motifs is 1. The summed E-state index contributed by atoms with van der Waals surface area (Å²) >= 11 is 0. The van der Waals surface area contributed by atoms with E-state index in [2.05, 4.69) is 29.9 Å². The normalized spacial score (nSPS) is 16.3. The Hall–Kier alpha value is -2.14. The van der Waals surface area contributed by atoms with Gasteiger partial charge in [-0.3, -0.25) is 9.48 Å². The second-order valence-electron chi connectivity index (χ2n) is 7.38. The van der Waals surface area contributed by atoms with E-state index in [4.69, 9.17) is 0 Å². The van der Waals surface area contributed by atoms with Crippen molar-refractivity contribution in [2.24, 2.45) is 0 Å². The Morgan fingerprint density at radius 3 is 2.75 bits per heavy atom. The van der Waals surface area contributed by atoms with E-state index >= 15 is 0 Å². The van der Waals surface area contributed by atoms with E-state index in [1.165, 1.54) is 5.56 Å². The zero-order valence-corrected chi connectivity index (χ0v) is 15.0. The molecule has 0 unspecified atom stereocenters. The maximum atomic E-state index is 13.0. The molecule has 5 nitrogen and oxygen atoms in total. The lowest BCUT2D eigenvalue weighted by Crippen LogP contribution is -2.41. The number of para-hydroxylation sites is 1. The van der Waals surface area contributed by atoms with Crippen molar-refractivity contribution in [3.05, 3.63) is 47.8 Å². The van der Waals surface area contributed by atoms with Crippen LogP contribution in [-0.2, 0) is 12.0 Å². The Morgan fingerprint density at radius 2 is 2.00 bits per heavy atom. The van der Waals surface area contributed by atoms with E-state index in [1.54, 1.807) is 0 Å². The highest BCUT2D eigenvalue weighted by Gasteiger charge is 2.34. The molecule has 0 atom stereocenters. The summed E-state index contributed by atoms with van der Waals surface area (Å²) in [4.78, 5) is 16.9. The molecule has 128 valence electrons. The van der Waals surface area contributed by atoms with Crippen LogP contribution in [0.15, 0.2) is 36.5 Å². The van der Waals surface area contributed by atoms with Gasteiger partial charge in [-0.25, -0.2) is 0 Å². The molecule has 1 amide bonds. The van der Waals surface area contributed by atoms with Crippen LogP contribution in [0.25, 0.3) is 0 Å². The van der Waals surface area contributed by atoms with Crippen LogP contribution in [0.3, 0.4) is 0 Å². The second kappa shape index (κ2) is 6.40.